The number of nitrogens with one attached hydrogen (secondary N) is 1. The molecule has 0 saturated carbocycles. The van der Waals surface area contributed by atoms with Gasteiger partial charge in [0.2, 0.25) is 5.91 Å². The molecule has 0 aromatic rings. The van der Waals surface area contributed by atoms with Crippen molar-refractivity contribution >= 4 is 5.91 Å². The molecule has 0 rings (SSSR count). The van der Waals surface area contributed by atoms with Gasteiger partial charge in [-0.3, -0.25) is 4.79 Å². The fraction of sp³-hybridized carbons (Fsp3) is 0.909. The Hall–Kier alpha value is -0.610. The van der Waals surface area contributed by atoms with Crippen LogP contribution in [0.15, 0.2) is 0 Å². The summed E-state index contributed by atoms with van der Waals surface area (Å²) in [4.78, 5) is 11.4. The molecule has 0 saturated heterocycles. The van der Waals surface area contributed by atoms with E-state index >= 15 is 0 Å². The molecule has 4 heteroatoms. The van der Waals surface area contributed by atoms with Crippen LogP contribution in [0.3, 0.4) is 0 Å². The van der Waals surface area contributed by atoms with Crippen LogP contribution in [0.25, 0.3) is 0 Å². The van der Waals surface area contributed by atoms with E-state index in [-0.39, 0.29) is 17.4 Å². The molecule has 0 radical (unpaired) electrons. The van der Waals surface area contributed by atoms with E-state index in [1.54, 1.807) is 14.0 Å². The molecule has 0 spiro atoms. The lowest BCUT2D eigenvalue weighted by Crippen LogP contribution is -2.40. The van der Waals surface area contributed by atoms with Crippen molar-refractivity contribution in [3.8, 4) is 0 Å². The molecule has 0 bridgehead atoms. The largest absolute Gasteiger partial charge is 0.385 e. The Balaban J connectivity index is 3.86. The van der Waals surface area contributed by atoms with E-state index in [4.69, 9.17) is 9.47 Å². The lowest BCUT2D eigenvalue weighted by Gasteiger charge is -2.25. The van der Waals surface area contributed by atoms with Gasteiger partial charge < -0.3 is 14.8 Å². The lowest BCUT2D eigenvalue weighted by atomic mass is 9.89. The van der Waals surface area contributed by atoms with Crippen molar-refractivity contribution in [1.82, 2.24) is 5.32 Å². The first kappa shape index (κ1) is 14.4. The smallest absolute Gasteiger partial charge is 0.248 e. The first-order valence-electron chi connectivity index (χ1n) is 5.22. The molecule has 1 N–H and O–H groups in total. The first-order valence-corrected chi connectivity index (χ1v) is 5.22. The molecule has 0 fully saturated rings. The van der Waals surface area contributed by atoms with Crippen LogP contribution in [-0.2, 0) is 14.3 Å². The Kier molecular flexibility index (Phi) is 6.52. The standard InChI is InChI=1S/C11H23NO3/c1-9(15-5)10(13)12-8-11(2,3)6-7-14-4/h9H,6-8H2,1-5H3,(H,12,13). The van der Waals surface area contributed by atoms with Gasteiger partial charge in [-0.2, -0.15) is 0 Å². The number of carbonyl (C=O) groups excluding carboxylic acids is 1. The second-order valence-corrected chi connectivity index (χ2v) is 4.50. The number of hydrogen-bond acceptors (Lipinski definition) is 3. The highest BCUT2D eigenvalue weighted by atomic mass is 16.5. The average molecular weight is 217 g/mol. The maximum Gasteiger partial charge on any atom is 0.248 e. The summed E-state index contributed by atoms with van der Waals surface area (Å²) in [5.41, 5.74) is 0.0547. The molecule has 1 atom stereocenters. The highest BCUT2D eigenvalue weighted by Crippen LogP contribution is 2.18. The molecule has 0 aliphatic carbocycles. The van der Waals surface area contributed by atoms with Gasteiger partial charge >= 0.3 is 0 Å². The van der Waals surface area contributed by atoms with E-state index in [2.05, 4.69) is 19.2 Å². The molecular weight excluding hydrogens is 194 g/mol. The highest BCUT2D eigenvalue weighted by molar-refractivity contribution is 5.80. The molecule has 90 valence electrons. The molecular formula is C11H23NO3. The van der Waals surface area contributed by atoms with Gasteiger partial charge in [0.05, 0.1) is 0 Å². The van der Waals surface area contributed by atoms with Gasteiger partial charge in [0.15, 0.2) is 0 Å². The van der Waals surface area contributed by atoms with Crippen LogP contribution in [0.2, 0.25) is 0 Å². The van der Waals surface area contributed by atoms with Crippen LogP contribution in [0.5, 0.6) is 0 Å². The van der Waals surface area contributed by atoms with E-state index < -0.39 is 0 Å². The van der Waals surface area contributed by atoms with Crippen LogP contribution in [-0.4, -0.2) is 39.4 Å². The molecule has 0 aromatic heterocycles. The number of ether oxygens (including phenoxy) is 2. The summed E-state index contributed by atoms with van der Waals surface area (Å²) in [6, 6.07) is 0. The highest BCUT2D eigenvalue weighted by Gasteiger charge is 2.20. The molecule has 0 aliphatic rings. The van der Waals surface area contributed by atoms with E-state index in [0.29, 0.717) is 13.2 Å². The molecule has 4 nitrogen and oxygen atoms in total. The summed E-state index contributed by atoms with van der Waals surface area (Å²) in [5.74, 6) is -0.0667. The van der Waals surface area contributed by atoms with E-state index in [1.165, 1.54) is 7.11 Å². The SMILES string of the molecule is COCCC(C)(C)CNC(=O)C(C)OC. The molecule has 1 amide bonds. The van der Waals surface area contributed by atoms with Crippen molar-refractivity contribution in [2.75, 3.05) is 27.4 Å². The van der Waals surface area contributed by atoms with E-state index in [1.807, 2.05) is 0 Å². The summed E-state index contributed by atoms with van der Waals surface area (Å²) in [7, 11) is 3.21. The van der Waals surface area contributed by atoms with Crippen LogP contribution < -0.4 is 5.32 Å². The van der Waals surface area contributed by atoms with Crippen molar-refractivity contribution in [1.29, 1.82) is 0 Å². The molecule has 0 aliphatic heterocycles. The fourth-order valence-electron chi connectivity index (χ4n) is 1.04. The summed E-state index contributed by atoms with van der Waals surface area (Å²) in [6.07, 6.45) is 0.536. The Morgan fingerprint density at radius 2 is 2.00 bits per heavy atom. The quantitative estimate of drug-likeness (QED) is 0.697. The van der Waals surface area contributed by atoms with Crippen molar-refractivity contribution in [3.63, 3.8) is 0 Å². The second kappa shape index (κ2) is 6.80. The minimum absolute atomic E-state index is 0.0547. The molecule has 0 aromatic carbocycles. The van der Waals surface area contributed by atoms with Crippen LogP contribution in [0.4, 0.5) is 0 Å². The topological polar surface area (TPSA) is 47.6 Å². The monoisotopic (exact) mass is 217 g/mol. The third kappa shape index (κ3) is 6.47. The Morgan fingerprint density at radius 3 is 2.47 bits per heavy atom. The predicted octanol–water partition coefficient (Wildman–Crippen LogP) is 1.20. The maximum atomic E-state index is 11.4. The molecule has 15 heavy (non-hydrogen) atoms. The second-order valence-electron chi connectivity index (χ2n) is 4.50. The van der Waals surface area contributed by atoms with Gasteiger partial charge in [0.1, 0.15) is 6.10 Å². The maximum absolute atomic E-state index is 11.4. The van der Waals surface area contributed by atoms with Gasteiger partial charge in [-0.05, 0) is 18.8 Å². The Bertz CT molecular complexity index is 192. The molecule has 0 heterocycles. The van der Waals surface area contributed by atoms with E-state index in [0.717, 1.165) is 6.42 Å². The third-order valence-corrected chi connectivity index (χ3v) is 2.45. The number of carbonyl (C=O) groups is 1. The molecule has 1 unspecified atom stereocenters. The minimum atomic E-state index is -0.386. The number of rotatable bonds is 7. The Labute approximate surface area is 92.3 Å². The number of amides is 1. The summed E-state index contributed by atoms with van der Waals surface area (Å²) < 4.78 is 9.94. The van der Waals surface area contributed by atoms with Crippen LogP contribution >= 0.6 is 0 Å². The predicted molar refractivity (Wildman–Crippen MR) is 59.8 cm³/mol. The third-order valence-electron chi connectivity index (χ3n) is 2.45. The van der Waals surface area contributed by atoms with Crippen molar-refractivity contribution in [3.05, 3.63) is 0 Å². The zero-order chi connectivity index (χ0) is 11.9. The van der Waals surface area contributed by atoms with Gasteiger partial charge in [0.25, 0.3) is 0 Å². The summed E-state index contributed by atoms with van der Waals surface area (Å²) in [6.45, 7) is 7.29. The van der Waals surface area contributed by atoms with Gasteiger partial charge in [-0.1, -0.05) is 13.8 Å². The zero-order valence-corrected chi connectivity index (χ0v) is 10.4. The lowest BCUT2D eigenvalue weighted by molar-refractivity contribution is -0.130. The average Bonchev–Trinajstić information content (AvgIpc) is 2.22. The van der Waals surface area contributed by atoms with Crippen molar-refractivity contribution in [2.24, 2.45) is 5.41 Å². The number of methoxy groups -OCH3 is 2. The van der Waals surface area contributed by atoms with Crippen LogP contribution in [0, 0.1) is 5.41 Å². The Morgan fingerprint density at radius 1 is 1.40 bits per heavy atom. The van der Waals surface area contributed by atoms with Crippen molar-refractivity contribution < 1.29 is 14.3 Å². The van der Waals surface area contributed by atoms with E-state index in [9.17, 15) is 4.79 Å². The number of hydrogen-bond donors (Lipinski definition) is 1. The fourth-order valence-corrected chi connectivity index (χ4v) is 1.04. The minimum Gasteiger partial charge on any atom is -0.385 e. The zero-order valence-electron chi connectivity index (χ0n) is 10.4. The summed E-state index contributed by atoms with van der Waals surface area (Å²) in [5, 5.41) is 2.86. The first-order chi connectivity index (χ1) is 6.93. The van der Waals surface area contributed by atoms with Gasteiger partial charge in [-0.25, -0.2) is 0 Å². The van der Waals surface area contributed by atoms with Crippen molar-refractivity contribution in [2.45, 2.75) is 33.3 Å². The van der Waals surface area contributed by atoms with Gasteiger partial charge in [0, 0.05) is 27.4 Å². The normalized spacial score (nSPS) is 13.7. The van der Waals surface area contributed by atoms with Crippen LogP contribution in [0.1, 0.15) is 27.2 Å². The van der Waals surface area contributed by atoms with Gasteiger partial charge in [-0.15, -0.1) is 0 Å². The summed E-state index contributed by atoms with van der Waals surface area (Å²) >= 11 is 0.